The van der Waals surface area contributed by atoms with E-state index in [1.807, 2.05) is 37.3 Å². The third kappa shape index (κ3) is 5.53. The summed E-state index contributed by atoms with van der Waals surface area (Å²) in [5, 5.41) is 3.03. The Labute approximate surface area is 178 Å². The van der Waals surface area contributed by atoms with Gasteiger partial charge >= 0.3 is 0 Å². The Hall–Kier alpha value is -3.02. The molecular weight excluding hydrogens is 380 g/mol. The lowest BCUT2D eigenvalue weighted by atomic mass is 10.1. The first kappa shape index (κ1) is 21.7. The fraction of sp³-hybridized carbons (Fsp3) is 0.417. The summed E-state index contributed by atoms with van der Waals surface area (Å²) in [6.07, 6.45) is 3.05. The molecule has 160 valence electrons. The summed E-state index contributed by atoms with van der Waals surface area (Å²) in [6.45, 7) is 4.37. The second-order valence-electron chi connectivity index (χ2n) is 7.52. The number of aryl methyl sites for hydroxylation is 2. The van der Waals surface area contributed by atoms with Crippen LogP contribution in [0.5, 0.6) is 11.5 Å². The molecule has 6 heteroatoms. The van der Waals surface area contributed by atoms with Gasteiger partial charge < -0.3 is 19.7 Å². The van der Waals surface area contributed by atoms with Gasteiger partial charge in [-0.15, -0.1) is 0 Å². The first-order valence-electron chi connectivity index (χ1n) is 10.5. The fourth-order valence-corrected chi connectivity index (χ4v) is 3.48. The molecule has 0 unspecified atom stereocenters. The molecule has 0 saturated heterocycles. The predicted molar refractivity (Wildman–Crippen MR) is 117 cm³/mol. The number of para-hydroxylation sites is 3. The molecule has 1 saturated carbocycles. The quantitative estimate of drug-likeness (QED) is 0.644. The van der Waals surface area contributed by atoms with Gasteiger partial charge in [0.2, 0.25) is 5.91 Å². The van der Waals surface area contributed by atoms with Crippen LogP contribution in [0.4, 0.5) is 5.69 Å². The number of rotatable bonds is 10. The van der Waals surface area contributed by atoms with Gasteiger partial charge in [-0.25, -0.2) is 0 Å². The van der Waals surface area contributed by atoms with E-state index < -0.39 is 0 Å². The molecule has 0 aliphatic heterocycles. The second kappa shape index (κ2) is 10.1. The summed E-state index contributed by atoms with van der Waals surface area (Å²) in [5.74, 6) is 0.936. The van der Waals surface area contributed by atoms with Crippen molar-refractivity contribution in [3.05, 3.63) is 53.6 Å². The van der Waals surface area contributed by atoms with E-state index in [1.165, 1.54) is 0 Å². The van der Waals surface area contributed by atoms with Crippen LogP contribution in [0.2, 0.25) is 0 Å². The maximum absolute atomic E-state index is 12.8. The summed E-state index contributed by atoms with van der Waals surface area (Å²) in [5.41, 5.74) is 3.04. The summed E-state index contributed by atoms with van der Waals surface area (Å²) in [4.78, 5) is 27.1. The summed E-state index contributed by atoms with van der Waals surface area (Å²) < 4.78 is 10.9. The molecule has 1 aliphatic carbocycles. The van der Waals surface area contributed by atoms with E-state index in [2.05, 4.69) is 12.2 Å². The minimum atomic E-state index is -0.110. The number of benzene rings is 2. The predicted octanol–water partition coefficient (Wildman–Crippen LogP) is 3.96. The molecule has 1 N–H and O–H groups in total. The molecule has 3 rings (SSSR count). The largest absolute Gasteiger partial charge is 0.493 e. The zero-order chi connectivity index (χ0) is 21.5. The number of carbonyl (C=O) groups is 2. The van der Waals surface area contributed by atoms with E-state index in [0.717, 1.165) is 36.1 Å². The molecule has 2 aromatic rings. The standard InChI is InChI=1S/C24H30N2O4/c1-4-18-9-7-8-17(2)24(18)25-22(27)14-15-26(19-12-13-19)23(28)16-30-21-11-6-5-10-20(21)29-3/h5-11,19H,4,12-16H2,1-3H3,(H,25,27). The normalized spacial score (nSPS) is 12.9. The highest BCUT2D eigenvalue weighted by Gasteiger charge is 2.33. The first-order valence-corrected chi connectivity index (χ1v) is 10.5. The van der Waals surface area contributed by atoms with E-state index in [4.69, 9.17) is 9.47 Å². The van der Waals surface area contributed by atoms with Gasteiger partial charge in [-0.3, -0.25) is 9.59 Å². The van der Waals surface area contributed by atoms with Gasteiger partial charge in [-0.2, -0.15) is 0 Å². The van der Waals surface area contributed by atoms with Crippen molar-refractivity contribution in [2.75, 3.05) is 25.6 Å². The molecule has 2 aromatic carbocycles. The van der Waals surface area contributed by atoms with Crippen molar-refractivity contribution in [1.29, 1.82) is 0 Å². The van der Waals surface area contributed by atoms with Gasteiger partial charge in [0.1, 0.15) is 0 Å². The van der Waals surface area contributed by atoms with E-state index >= 15 is 0 Å². The molecular formula is C24H30N2O4. The molecule has 0 heterocycles. The van der Waals surface area contributed by atoms with Crippen molar-refractivity contribution in [2.24, 2.45) is 0 Å². The van der Waals surface area contributed by atoms with Crippen LogP contribution >= 0.6 is 0 Å². The van der Waals surface area contributed by atoms with Crippen molar-refractivity contribution < 1.29 is 19.1 Å². The number of anilines is 1. The highest BCUT2D eigenvalue weighted by molar-refractivity contribution is 5.92. The number of nitrogens with one attached hydrogen (secondary N) is 1. The van der Waals surface area contributed by atoms with E-state index in [0.29, 0.717) is 18.0 Å². The van der Waals surface area contributed by atoms with Crippen LogP contribution in [-0.2, 0) is 16.0 Å². The Morgan fingerprint density at radius 3 is 2.50 bits per heavy atom. The lowest BCUT2D eigenvalue weighted by Crippen LogP contribution is -2.38. The average Bonchev–Trinajstić information content (AvgIpc) is 3.59. The number of amides is 2. The van der Waals surface area contributed by atoms with E-state index in [9.17, 15) is 9.59 Å². The van der Waals surface area contributed by atoms with Crippen LogP contribution in [-0.4, -0.2) is 43.0 Å². The zero-order valence-corrected chi connectivity index (χ0v) is 17.9. The second-order valence-corrected chi connectivity index (χ2v) is 7.52. The summed E-state index contributed by atoms with van der Waals surface area (Å²) in [6, 6.07) is 13.5. The Morgan fingerprint density at radius 2 is 1.83 bits per heavy atom. The summed E-state index contributed by atoms with van der Waals surface area (Å²) in [7, 11) is 1.57. The SMILES string of the molecule is CCc1cccc(C)c1NC(=O)CCN(C(=O)COc1ccccc1OC)C1CC1. The molecule has 6 nitrogen and oxygen atoms in total. The average molecular weight is 411 g/mol. The monoisotopic (exact) mass is 410 g/mol. The number of nitrogens with zero attached hydrogens (tertiary/aromatic N) is 1. The number of methoxy groups -OCH3 is 1. The Balaban J connectivity index is 1.56. The Kier molecular flexibility index (Phi) is 7.33. The summed E-state index contributed by atoms with van der Waals surface area (Å²) >= 11 is 0. The van der Waals surface area contributed by atoms with Gasteiger partial charge in [-0.05, 0) is 49.4 Å². The number of hydrogen-bond acceptors (Lipinski definition) is 4. The van der Waals surface area contributed by atoms with Crippen molar-refractivity contribution in [3.63, 3.8) is 0 Å². The van der Waals surface area contributed by atoms with E-state index in [-0.39, 0.29) is 30.9 Å². The number of ether oxygens (including phenoxy) is 2. The lowest BCUT2D eigenvalue weighted by molar-refractivity contribution is -0.134. The van der Waals surface area contributed by atoms with Crippen LogP contribution in [0, 0.1) is 6.92 Å². The van der Waals surface area contributed by atoms with Crippen molar-refractivity contribution in [1.82, 2.24) is 4.90 Å². The Morgan fingerprint density at radius 1 is 1.10 bits per heavy atom. The third-order valence-corrected chi connectivity index (χ3v) is 5.31. The van der Waals surface area contributed by atoms with Crippen molar-refractivity contribution in [3.8, 4) is 11.5 Å². The molecule has 1 aliphatic rings. The third-order valence-electron chi connectivity index (χ3n) is 5.31. The molecule has 30 heavy (non-hydrogen) atoms. The molecule has 0 atom stereocenters. The maximum atomic E-state index is 12.8. The minimum absolute atomic E-state index is 0.0731. The molecule has 0 spiro atoms. The number of carbonyl (C=O) groups excluding carboxylic acids is 2. The van der Waals surface area contributed by atoms with Gasteiger partial charge in [-0.1, -0.05) is 37.3 Å². The Bertz CT molecular complexity index is 893. The van der Waals surface area contributed by atoms with Gasteiger partial charge in [0.05, 0.1) is 7.11 Å². The van der Waals surface area contributed by atoms with Gasteiger partial charge in [0.25, 0.3) is 5.91 Å². The topological polar surface area (TPSA) is 67.9 Å². The van der Waals surface area contributed by atoms with Crippen molar-refractivity contribution >= 4 is 17.5 Å². The highest BCUT2D eigenvalue weighted by Crippen LogP contribution is 2.29. The molecule has 0 radical (unpaired) electrons. The van der Waals surface area contributed by atoms with Crippen LogP contribution in [0.25, 0.3) is 0 Å². The van der Waals surface area contributed by atoms with Crippen LogP contribution in [0.1, 0.15) is 37.3 Å². The maximum Gasteiger partial charge on any atom is 0.260 e. The number of hydrogen-bond donors (Lipinski definition) is 1. The van der Waals surface area contributed by atoms with Gasteiger partial charge in [0, 0.05) is 24.7 Å². The molecule has 2 amide bonds. The smallest absolute Gasteiger partial charge is 0.260 e. The lowest BCUT2D eigenvalue weighted by Gasteiger charge is -2.23. The van der Waals surface area contributed by atoms with Gasteiger partial charge in [0.15, 0.2) is 18.1 Å². The zero-order valence-electron chi connectivity index (χ0n) is 17.9. The van der Waals surface area contributed by atoms with Crippen molar-refractivity contribution in [2.45, 2.75) is 45.6 Å². The fourth-order valence-electron chi connectivity index (χ4n) is 3.48. The molecule has 1 fully saturated rings. The molecule has 0 bridgehead atoms. The van der Waals surface area contributed by atoms with Crippen LogP contribution < -0.4 is 14.8 Å². The highest BCUT2D eigenvalue weighted by atomic mass is 16.5. The minimum Gasteiger partial charge on any atom is -0.493 e. The van der Waals surface area contributed by atoms with Crippen LogP contribution in [0.3, 0.4) is 0 Å². The first-order chi connectivity index (χ1) is 14.5. The molecule has 0 aromatic heterocycles. The van der Waals surface area contributed by atoms with E-state index in [1.54, 1.807) is 24.1 Å². The van der Waals surface area contributed by atoms with Crippen LogP contribution in [0.15, 0.2) is 42.5 Å².